The van der Waals surface area contributed by atoms with Crippen molar-refractivity contribution in [2.24, 2.45) is 0 Å². The lowest BCUT2D eigenvalue weighted by atomic mass is 10.0. The van der Waals surface area contributed by atoms with E-state index in [1.165, 1.54) is 13.4 Å². The highest BCUT2D eigenvalue weighted by Crippen LogP contribution is 2.33. The van der Waals surface area contributed by atoms with Crippen molar-refractivity contribution in [3.05, 3.63) is 6.33 Å². The zero-order chi connectivity index (χ0) is 13.8. The first kappa shape index (κ1) is 13.4. The van der Waals surface area contributed by atoms with E-state index in [1.807, 2.05) is 4.90 Å². The first-order valence-corrected chi connectivity index (χ1v) is 6.31. The van der Waals surface area contributed by atoms with Crippen LogP contribution in [0.2, 0.25) is 0 Å². The Balaban J connectivity index is 2.37. The lowest BCUT2D eigenvalue weighted by molar-refractivity contribution is -0.122. The molecule has 7 heteroatoms. The predicted molar refractivity (Wildman–Crippen MR) is 72.0 cm³/mol. The number of aromatic nitrogens is 2. The molecule has 1 atom stereocenters. The summed E-state index contributed by atoms with van der Waals surface area (Å²) in [5, 5.41) is 2.69. The number of nitrogen functional groups attached to an aromatic ring is 1. The van der Waals surface area contributed by atoms with Crippen molar-refractivity contribution in [3.8, 4) is 5.75 Å². The second-order valence-corrected chi connectivity index (χ2v) is 4.43. The number of hydrogen-bond acceptors (Lipinski definition) is 6. The van der Waals surface area contributed by atoms with Crippen LogP contribution in [0, 0.1) is 0 Å². The molecule has 3 N–H and O–H groups in total. The van der Waals surface area contributed by atoms with Crippen LogP contribution in [0.4, 0.5) is 11.6 Å². The van der Waals surface area contributed by atoms with Gasteiger partial charge in [0.15, 0.2) is 11.6 Å². The Morgan fingerprint density at radius 3 is 3.00 bits per heavy atom. The third kappa shape index (κ3) is 2.54. The summed E-state index contributed by atoms with van der Waals surface area (Å²) in [5.74, 6) is 1.29. The van der Waals surface area contributed by atoms with Crippen LogP contribution in [0.3, 0.4) is 0 Å². The number of nitrogens with one attached hydrogen (secondary N) is 1. The lowest BCUT2D eigenvalue weighted by Crippen LogP contribution is -2.49. The van der Waals surface area contributed by atoms with Crippen LogP contribution >= 0.6 is 0 Å². The average Bonchev–Trinajstić information content (AvgIpc) is 2.46. The quantitative estimate of drug-likeness (QED) is 0.809. The molecule has 19 heavy (non-hydrogen) atoms. The molecule has 1 aromatic heterocycles. The molecule has 7 nitrogen and oxygen atoms in total. The number of piperidine rings is 1. The number of likely N-dealkylation sites (N-methyl/N-ethyl adjacent to an activating group) is 1. The van der Waals surface area contributed by atoms with Gasteiger partial charge in [-0.2, -0.15) is 0 Å². The van der Waals surface area contributed by atoms with Gasteiger partial charge in [0.05, 0.1) is 7.11 Å². The highest BCUT2D eigenvalue weighted by Gasteiger charge is 2.31. The van der Waals surface area contributed by atoms with Crippen molar-refractivity contribution in [3.63, 3.8) is 0 Å². The molecular formula is C12H19N5O2. The van der Waals surface area contributed by atoms with E-state index >= 15 is 0 Å². The number of nitrogens with zero attached hydrogens (tertiary/aromatic N) is 3. The first-order valence-electron chi connectivity index (χ1n) is 6.31. The second-order valence-electron chi connectivity index (χ2n) is 4.43. The summed E-state index contributed by atoms with van der Waals surface area (Å²) in [6.07, 6.45) is 4.23. The molecule has 1 fully saturated rings. The molecule has 1 amide bonds. The Bertz CT molecular complexity index is 465. The SMILES string of the molecule is CNC(=O)C1CCCCN1c1ncnc(N)c1OC. The van der Waals surface area contributed by atoms with E-state index in [0.717, 1.165) is 25.8 Å². The lowest BCUT2D eigenvalue weighted by Gasteiger charge is -2.35. The van der Waals surface area contributed by atoms with E-state index in [9.17, 15) is 4.79 Å². The van der Waals surface area contributed by atoms with Crippen molar-refractivity contribution in [2.75, 3.05) is 31.3 Å². The van der Waals surface area contributed by atoms with Gasteiger partial charge in [0.1, 0.15) is 12.4 Å². The summed E-state index contributed by atoms with van der Waals surface area (Å²) in [7, 11) is 3.16. The van der Waals surface area contributed by atoms with E-state index in [4.69, 9.17) is 10.5 Å². The number of anilines is 2. The maximum Gasteiger partial charge on any atom is 0.242 e. The van der Waals surface area contributed by atoms with Gasteiger partial charge in [0.25, 0.3) is 0 Å². The third-order valence-electron chi connectivity index (χ3n) is 3.34. The Kier molecular flexibility index (Phi) is 4.03. The molecule has 0 aromatic carbocycles. The van der Waals surface area contributed by atoms with Crippen molar-refractivity contribution in [1.82, 2.24) is 15.3 Å². The highest BCUT2D eigenvalue weighted by molar-refractivity contribution is 5.85. The molecule has 1 aliphatic rings. The smallest absolute Gasteiger partial charge is 0.242 e. The highest BCUT2D eigenvalue weighted by atomic mass is 16.5. The normalized spacial score (nSPS) is 19.1. The van der Waals surface area contributed by atoms with Crippen molar-refractivity contribution >= 4 is 17.5 Å². The Morgan fingerprint density at radius 1 is 1.53 bits per heavy atom. The maximum absolute atomic E-state index is 12.0. The number of ether oxygens (including phenoxy) is 1. The molecule has 2 heterocycles. The molecular weight excluding hydrogens is 246 g/mol. The molecule has 0 aliphatic carbocycles. The third-order valence-corrected chi connectivity index (χ3v) is 3.34. The molecule has 2 rings (SSSR count). The second kappa shape index (κ2) is 5.73. The maximum atomic E-state index is 12.0. The van der Waals surface area contributed by atoms with Gasteiger partial charge in [0.2, 0.25) is 11.7 Å². The minimum Gasteiger partial charge on any atom is -0.490 e. The number of carbonyl (C=O) groups excluding carboxylic acids is 1. The van der Waals surface area contributed by atoms with E-state index < -0.39 is 0 Å². The molecule has 1 saturated heterocycles. The minimum atomic E-state index is -0.234. The van der Waals surface area contributed by atoms with E-state index in [1.54, 1.807) is 7.05 Å². The van der Waals surface area contributed by atoms with Crippen molar-refractivity contribution < 1.29 is 9.53 Å². The number of nitrogens with two attached hydrogens (primary N) is 1. The summed E-state index contributed by atoms with van der Waals surface area (Å²) in [6.45, 7) is 0.755. The van der Waals surface area contributed by atoms with Gasteiger partial charge in [-0.05, 0) is 19.3 Å². The zero-order valence-corrected chi connectivity index (χ0v) is 11.2. The summed E-state index contributed by atoms with van der Waals surface area (Å²) < 4.78 is 5.27. The fourth-order valence-corrected chi connectivity index (χ4v) is 2.40. The summed E-state index contributed by atoms with van der Waals surface area (Å²) in [6, 6.07) is -0.234. The van der Waals surface area contributed by atoms with Gasteiger partial charge in [0, 0.05) is 13.6 Å². The van der Waals surface area contributed by atoms with Gasteiger partial charge >= 0.3 is 0 Å². The van der Waals surface area contributed by atoms with Crippen LogP contribution in [-0.2, 0) is 4.79 Å². The zero-order valence-electron chi connectivity index (χ0n) is 11.2. The molecule has 0 saturated carbocycles. The fraction of sp³-hybridized carbons (Fsp3) is 0.583. The Labute approximate surface area is 112 Å². The minimum absolute atomic E-state index is 0.0149. The topological polar surface area (TPSA) is 93.4 Å². The number of amides is 1. The van der Waals surface area contributed by atoms with Gasteiger partial charge in [-0.3, -0.25) is 4.79 Å². The van der Waals surface area contributed by atoms with Gasteiger partial charge < -0.3 is 20.7 Å². The molecule has 1 unspecified atom stereocenters. The Morgan fingerprint density at radius 2 is 2.32 bits per heavy atom. The monoisotopic (exact) mass is 265 g/mol. The van der Waals surface area contributed by atoms with Gasteiger partial charge in [-0.25, -0.2) is 9.97 Å². The summed E-state index contributed by atoms with van der Waals surface area (Å²) in [5.41, 5.74) is 5.79. The summed E-state index contributed by atoms with van der Waals surface area (Å²) >= 11 is 0. The molecule has 1 aliphatic heterocycles. The van der Waals surface area contributed by atoms with Gasteiger partial charge in [-0.15, -0.1) is 0 Å². The largest absolute Gasteiger partial charge is 0.490 e. The number of hydrogen-bond donors (Lipinski definition) is 2. The first-order chi connectivity index (χ1) is 9.19. The molecule has 0 radical (unpaired) electrons. The van der Waals surface area contributed by atoms with Crippen LogP contribution < -0.4 is 20.7 Å². The van der Waals surface area contributed by atoms with E-state index in [0.29, 0.717) is 11.6 Å². The van der Waals surface area contributed by atoms with Crippen molar-refractivity contribution in [1.29, 1.82) is 0 Å². The van der Waals surface area contributed by atoms with E-state index in [2.05, 4.69) is 15.3 Å². The van der Waals surface area contributed by atoms with Crippen molar-refractivity contribution in [2.45, 2.75) is 25.3 Å². The van der Waals surface area contributed by atoms with Crippen LogP contribution in [0.5, 0.6) is 5.75 Å². The number of methoxy groups -OCH3 is 1. The van der Waals surface area contributed by atoms with Gasteiger partial charge in [-0.1, -0.05) is 0 Å². The molecule has 0 spiro atoms. The average molecular weight is 265 g/mol. The van der Waals surface area contributed by atoms with Crippen LogP contribution in [0.15, 0.2) is 6.33 Å². The molecule has 0 bridgehead atoms. The number of carbonyl (C=O) groups is 1. The Hall–Kier alpha value is -2.05. The van der Waals surface area contributed by atoms with Crippen LogP contribution in [0.25, 0.3) is 0 Å². The predicted octanol–water partition coefficient (Wildman–Crippen LogP) is 0.172. The van der Waals surface area contributed by atoms with Crippen LogP contribution in [0.1, 0.15) is 19.3 Å². The standard InChI is InChI=1S/C12H19N5O2/c1-14-12(18)8-5-3-4-6-17(8)11-9(19-2)10(13)15-7-16-11/h7-8H,3-6H2,1-2H3,(H,14,18)(H2,13,15,16). The molecule has 104 valence electrons. The van der Waals surface area contributed by atoms with E-state index in [-0.39, 0.29) is 17.8 Å². The fourth-order valence-electron chi connectivity index (χ4n) is 2.40. The number of rotatable bonds is 3. The summed E-state index contributed by atoms with van der Waals surface area (Å²) in [4.78, 5) is 22.1. The molecule has 1 aromatic rings. The van der Waals surface area contributed by atoms with Crippen LogP contribution in [-0.4, -0.2) is 42.6 Å².